The van der Waals surface area contributed by atoms with Crippen LogP contribution in [0.5, 0.6) is 0 Å². The van der Waals surface area contributed by atoms with E-state index in [9.17, 15) is 4.39 Å². The van der Waals surface area contributed by atoms with Crippen LogP contribution in [0.25, 0.3) is 11.5 Å². The largest absolute Gasteiger partial charge is 0.429 e. The molecule has 0 aromatic carbocycles. The molecular weight excluding hydrogens is 145 g/mol. The van der Waals surface area contributed by atoms with Crippen LogP contribution in [0.1, 0.15) is 0 Å². The van der Waals surface area contributed by atoms with Gasteiger partial charge >= 0.3 is 0 Å². The molecule has 3 heteroatoms. The molecule has 1 N–H and O–H groups in total. The first kappa shape index (κ1) is 6.22. The van der Waals surface area contributed by atoms with Crippen molar-refractivity contribution in [2.45, 2.75) is 0 Å². The second-order valence-electron chi connectivity index (χ2n) is 2.19. The molecule has 2 heterocycles. The predicted molar refractivity (Wildman–Crippen MR) is 38.5 cm³/mol. The first-order valence-electron chi connectivity index (χ1n) is 3.25. The van der Waals surface area contributed by atoms with Gasteiger partial charge in [0.15, 0.2) is 5.76 Å². The lowest BCUT2D eigenvalue weighted by Gasteiger charge is -1.87. The van der Waals surface area contributed by atoms with Crippen molar-refractivity contribution in [1.82, 2.24) is 4.98 Å². The summed E-state index contributed by atoms with van der Waals surface area (Å²) in [5.41, 5.74) is 0.786. The molecule has 0 amide bonds. The van der Waals surface area contributed by atoms with E-state index in [2.05, 4.69) is 4.98 Å². The standard InChI is InChI=1S/C8H6FNO/c9-8-4-3-7(11-8)6-2-1-5-10-6/h1-5,10H. The first-order valence-corrected chi connectivity index (χ1v) is 3.25. The summed E-state index contributed by atoms with van der Waals surface area (Å²) in [6.07, 6.45) is 1.76. The van der Waals surface area contributed by atoms with E-state index in [1.165, 1.54) is 6.07 Å². The van der Waals surface area contributed by atoms with Gasteiger partial charge in [-0.25, -0.2) is 0 Å². The maximum atomic E-state index is 12.3. The van der Waals surface area contributed by atoms with Crippen LogP contribution in [0.3, 0.4) is 0 Å². The third-order valence-electron chi connectivity index (χ3n) is 1.44. The topological polar surface area (TPSA) is 28.9 Å². The Morgan fingerprint density at radius 1 is 1.27 bits per heavy atom. The van der Waals surface area contributed by atoms with Gasteiger partial charge in [0.2, 0.25) is 0 Å². The monoisotopic (exact) mass is 151 g/mol. The molecule has 0 aliphatic heterocycles. The molecule has 0 fully saturated rings. The average molecular weight is 151 g/mol. The fourth-order valence-electron chi connectivity index (χ4n) is 0.943. The molecule has 0 aliphatic rings. The molecule has 0 atom stereocenters. The Bertz CT molecular complexity index is 337. The highest BCUT2D eigenvalue weighted by molar-refractivity contribution is 5.51. The molecule has 0 aliphatic carbocycles. The van der Waals surface area contributed by atoms with Crippen LogP contribution in [-0.4, -0.2) is 4.98 Å². The van der Waals surface area contributed by atoms with Gasteiger partial charge in [-0.3, -0.25) is 0 Å². The number of rotatable bonds is 1. The predicted octanol–water partition coefficient (Wildman–Crippen LogP) is 2.41. The maximum Gasteiger partial charge on any atom is 0.278 e. The van der Waals surface area contributed by atoms with Crippen molar-refractivity contribution in [2.75, 3.05) is 0 Å². The van der Waals surface area contributed by atoms with E-state index in [-0.39, 0.29) is 0 Å². The Balaban J connectivity index is 2.45. The van der Waals surface area contributed by atoms with Crippen LogP contribution >= 0.6 is 0 Å². The third kappa shape index (κ3) is 1.05. The number of hydrogen-bond acceptors (Lipinski definition) is 1. The van der Waals surface area contributed by atoms with E-state index in [1.54, 1.807) is 12.3 Å². The van der Waals surface area contributed by atoms with E-state index >= 15 is 0 Å². The first-order chi connectivity index (χ1) is 5.36. The SMILES string of the molecule is Fc1ccc(-c2ccc[nH]2)o1. The molecule has 0 saturated heterocycles. The molecule has 0 spiro atoms. The van der Waals surface area contributed by atoms with Gasteiger partial charge in [0.1, 0.15) is 0 Å². The Morgan fingerprint density at radius 2 is 2.18 bits per heavy atom. The summed E-state index contributed by atoms with van der Waals surface area (Å²) in [5, 5.41) is 0. The van der Waals surface area contributed by atoms with Gasteiger partial charge in [-0.2, -0.15) is 4.39 Å². The number of hydrogen-bond donors (Lipinski definition) is 1. The number of furan rings is 1. The van der Waals surface area contributed by atoms with Crippen molar-refractivity contribution in [2.24, 2.45) is 0 Å². The Morgan fingerprint density at radius 3 is 2.73 bits per heavy atom. The van der Waals surface area contributed by atoms with Crippen molar-refractivity contribution >= 4 is 0 Å². The second kappa shape index (κ2) is 2.27. The van der Waals surface area contributed by atoms with E-state index in [4.69, 9.17) is 4.42 Å². The number of halogens is 1. The highest BCUT2D eigenvalue weighted by Crippen LogP contribution is 2.18. The van der Waals surface area contributed by atoms with Crippen molar-refractivity contribution in [3.05, 3.63) is 36.5 Å². The summed E-state index contributed by atoms with van der Waals surface area (Å²) in [7, 11) is 0. The molecule has 56 valence electrons. The minimum Gasteiger partial charge on any atom is -0.429 e. The lowest BCUT2D eigenvalue weighted by atomic mass is 10.3. The van der Waals surface area contributed by atoms with E-state index in [0.29, 0.717) is 5.76 Å². The number of H-pyrrole nitrogens is 1. The fourth-order valence-corrected chi connectivity index (χ4v) is 0.943. The zero-order valence-corrected chi connectivity index (χ0v) is 5.67. The molecular formula is C8H6FNO. The molecule has 2 aromatic rings. The van der Waals surface area contributed by atoms with Crippen LogP contribution in [-0.2, 0) is 0 Å². The Labute approximate surface area is 62.7 Å². The summed E-state index contributed by atoms with van der Waals surface area (Å²) in [6, 6.07) is 5.96. The number of aromatic nitrogens is 1. The van der Waals surface area contributed by atoms with Gasteiger partial charge in [0.25, 0.3) is 6.01 Å². The third-order valence-corrected chi connectivity index (χ3v) is 1.44. The van der Waals surface area contributed by atoms with E-state index < -0.39 is 6.01 Å². The summed E-state index contributed by atoms with van der Waals surface area (Å²) in [6.45, 7) is 0. The van der Waals surface area contributed by atoms with Gasteiger partial charge in [0, 0.05) is 12.3 Å². The van der Waals surface area contributed by atoms with Crippen molar-refractivity contribution in [1.29, 1.82) is 0 Å². The van der Waals surface area contributed by atoms with E-state index in [1.807, 2.05) is 12.1 Å². The zero-order valence-electron chi connectivity index (χ0n) is 5.67. The van der Waals surface area contributed by atoms with Crippen molar-refractivity contribution < 1.29 is 8.81 Å². The highest BCUT2D eigenvalue weighted by Gasteiger charge is 2.02. The van der Waals surface area contributed by atoms with E-state index in [0.717, 1.165) is 5.69 Å². The van der Waals surface area contributed by atoms with Crippen molar-refractivity contribution in [3.63, 3.8) is 0 Å². The van der Waals surface area contributed by atoms with Gasteiger partial charge < -0.3 is 9.40 Å². The fraction of sp³-hybridized carbons (Fsp3) is 0. The molecule has 2 nitrogen and oxygen atoms in total. The molecule has 0 bridgehead atoms. The molecule has 2 rings (SSSR count). The van der Waals surface area contributed by atoms with Crippen LogP contribution < -0.4 is 0 Å². The van der Waals surface area contributed by atoms with Gasteiger partial charge in [-0.05, 0) is 18.2 Å². The molecule has 11 heavy (non-hydrogen) atoms. The minimum atomic E-state index is -0.561. The quantitative estimate of drug-likeness (QED) is 0.666. The lowest BCUT2D eigenvalue weighted by Crippen LogP contribution is -1.69. The second-order valence-corrected chi connectivity index (χ2v) is 2.19. The normalized spacial score (nSPS) is 10.3. The molecule has 0 saturated carbocycles. The lowest BCUT2D eigenvalue weighted by molar-refractivity contribution is 0.366. The van der Waals surface area contributed by atoms with Gasteiger partial charge in [-0.1, -0.05) is 0 Å². The highest BCUT2D eigenvalue weighted by atomic mass is 19.1. The summed E-state index contributed by atoms with van der Waals surface area (Å²) < 4.78 is 17.1. The van der Waals surface area contributed by atoms with Crippen molar-refractivity contribution in [3.8, 4) is 11.5 Å². The van der Waals surface area contributed by atoms with Crippen LogP contribution in [0.15, 0.2) is 34.9 Å². The van der Waals surface area contributed by atoms with Gasteiger partial charge in [0.05, 0.1) is 5.69 Å². The summed E-state index contributed by atoms with van der Waals surface area (Å²) in [5.74, 6) is 0.521. The summed E-state index contributed by atoms with van der Waals surface area (Å²) in [4.78, 5) is 2.91. The summed E-state index contributed by atoms with van der Waals surface area (Å²) >= 11 is 0. The number of nitrogens with one attached hydrogen (secondary N) is 1. The Hall–Kier alpha value is -1.51. The smallest absolute Gasteiger partial charge is 0.278 e. The zero-order chi connectivity index (χ0) is 7.68. The molecule has 2 aromatic heterocycles. The average Bonchev–Trinajstić information content (AvgIpc) is 2.55. The van der Waals surface area contributed by atoms with Crippen LogP contribution in [0.2, 0.25) is 0 Å². The molecule has 0 unspecified atom stereocenters. The van der Waals surface area contributed by atoms with Gasteiger partial charge in [-0.15, -0.1) is 0 Å². The molecule has 0 radical (unpaired) electrons. The maximum absolute atomic E-state index is 12.3. The Kier molecular flexibility index (Phi) is 1.28. The number of aromatic amines is 1. The van der Waals surface area contributed by atoms with Crippen LogP contribution in [0, 0.1) is 6.01 Å². The minimum absolute atomic E-state index is 0.521. The van der Waals surface area contributed by atoms with Crippen LogP contribution in [0.4, 0.5) is 4.39 Å².